The van der Waals surface area contributed by atoms with Crippen molar-refractivity contribution in [1.82, 2.24) is 4.57 Å². The number of aromatic nitrogens is 1. The molecule has 0 aliphatic heterocycles. The summed E-state index contributed by atoms with van der Waals surface area (Å²) in [5, 5.41) is 9.61. The smallest absolute Gasteiger partial charge is 0.129 e. The van der Waals surface area contributed by atoms with E-state index < -0.39 is 0 Å². The lowest BCUT2D eigenvalue weighted by Gasteiger charge is -2.12. The van der Waals surface area contributed by atoms with Crippen LogP contribution < -0.4 is 4.74 Å². The summed E-state index contributed by atoms with van der Waals surface area (Å²) >= 11 is 0. The first-order valence-electron chi connectivity index (χ1n) is 10.5. The fraction of sp³-hybridized carbons (Fsp3) is 0.107. The SMILES string of the molecule is Cc1cc(/C=C(/C#N)c2cccc(F)c2)c(C)n1-c1ccc(OCc2ccccc2F)cc1. The highest BCUT2D eigenvalue weighted by molar-refractivity contribution is 5.90. The summed E-state index contributed by atoms with van der Waals surface area (Å²) in [6.45, 7) is 4.11. The van der Waals surface area contributed by atoms with Gasteiger partial charge in [-0.05, 0) is 79.6 Å². The maximum Gasteiger partial charge on any atom is 0.129 e. The van der Waals surface area contributed by atoms with Gasteiger partial charge in [0, 0.05) is 22.6 Å². The van der Waals surface area contributed by atoms with Crippen LogP contribution in [0.25, 0.3) is 17.3 Å². The van der Waals surface area contributed by atoms with Gasteiger partial charge in [-0.1, -0.05) is 30.3 Å². The third-order valence-electron chi connectivity index (χ3n) is 5.47. The zero-order chi connectivity index (χ0) is 23.4. The van der Waals surface area contributed by atoms with Gasteiger partial charge < -0.3 is 9.30 Å². The summed E-state index contributed by atoms with van der Waals surface area (Å²) in [5.74, 6) is -0.0258. The van der Waals surface area contributed by atoms with E-state index in [9.17, 15) is 14.0 Å². The van der Waals surface area contributed by atoms with E-state index in [2.05, 4.69) is 10.6 Å². The van der Waals surface area contributed by atoms with E-state index >= 15 is 0 Å². The van der Waals surface area contributed by atoms with E-state index in [1.165, 1.54) is 18.2 Å². The summed E-state index contributed by atoms with van der Waals surface area (Å²) < 4.78 is 35.2. The molecule has 0 atom stereocenters. The third kappa shape index (κ3) is 4.86. The highest BCUT2D eigenvalue weighted by atomic mass is 19.1. The largest absolute Gasteiger partial charge is 0.489 e. The Morgan fingerprint density at radius 1 is 0.970 bits per heavy atom. The summed E-state index contributed by atoms with van der Waals surface area (Å²) in [6.07, 6.45) is 1.78. The topological polar surface area (TPSA) is 38.0 Å². The molecule has 3 aromatic carbocycles. The first kappa shape index (κ1) is 22.0. The number of ether oxygens (including phenoxy) is 1. The average molecular weight is 440 g/mol. The van der Waals surface area contributed by atoms with Crippen LogP contribution >= 0.6 is 0 Å². The molecular weight excluding hydrogens is 418 g/mol. The Morgan fingerprint density at radius 2 is 1.73 bits per heavy atom. The molecule has 33 heavy (non-hydrogen) atoms. The molecule has 3 nitrogen and oxygen atoms in total. The van der Waals surface area contributed by atoms with Crippen molar-refractivity contribution in [1.29, 1.82) is 5.26 Å². The van der Waals surface area contributed by atoms with Gasteiger partial charge in [-0.25, -0.2) is 8.78 Å². The lowest BCUT2D eigenvalue weighted by molar-refractivity contribution is 0.300. The normalized spacial score (nSPS) is 11.3. The van der Waals surface area contributed by atoms with Crippen molar-refractivity contribution in [2.75, 3.05) is 0 Å². The summed E-state index contributed by atoms with van der Waals surface area (Å²) in [6, 6.07) is 24.3. The molecule has 4 aromatic rings. The molecule has 0 unspecified atom stereocenters. The Balaban J connectivity index is 1.58. The van der Waals surface area contributed by atoms with Gasteiger partial charge in [-0.2, -0.15) is 5.26 Å². The van der Waals surface area contributed by atoms with Crippen LogP contribution in [0.15, 0.2) is 78.9 Å². The number of halogens is 2. The molecule has 0 bridgehead atoms. The Labute approximate surface area is 191 Å². The number of hydrogen-bond acceptors (Lipinski definition) is 2. The van der Waals surface area contributed by atoms with Crippen molar-refractivity contribution in [2.24, 2.45) is 0 Å². The Hall–Kier alpha value is -4.17. The maximum atomic E-state index is 13.8. The van der Waals surface area contributed by atoms with Gasteiger partial charge in [0.25, 0.3) is 0 Å². The summed E-state index contributed by atoms with van der Waals surface area (Å²) in [4.78, 5) is 0. The molecule has 0 aliphatic carbocycles. The second-order valence-electron chi connectivity index (χ2n) is 7.72. The summed E-state index contributed by atoms with van der Waals surface area (Å²) in [5.41, 5.74) is 5.21. The molecule has 4 rings (SSSR count). The van der Waals surface area contributed by atoms with Crippen LogP contribution in [-0.2, 0) is 6.61 Å². The van der Waals surface area contributed by atoms with Crippen LogP contribution in [0.5, 0.6) is 5.75 Å². The highest BCUT2D eigenvalue weighted by Gasteiger charge is 2.12. The predicted octanol–water partition coefficient (Wildman–Crippen LogP) is 7.02. The molecule has 0 fully saturated rings. The molecule has 0 N–H and O–H groups in total. The lowest BCUT2D eigenvalue weighted by atomic mass is 10.0. The van der Waals surface area contributed by atoms with Crippen molar-refractivity contribution >= 4 is 11.6 Å². The van der Waals surface area contributed by atoms with Crippen molar-refractivity contribution in [3.63, 3.8) is 0 Å². The number of aryl methyl sites for hydroxylation is 1. The molecule has 1 aromatic heterocycles. The quantitative estimate of drug-likeness (QED) is 0.302. The maximum absolute atomic E-state index is 13.8. The number of allylic oxidation sites excluding steroid dienone is 1. The first-order valence-corrected chi connectivity index (χ1v) is 10.5. The highest BCUT2D eigenvalue weighted by Crippen LogP contribution is 2.27. The van der Waals surface area contributed by atoms with E-state index in [1.54, 1.807) is 36.4 Å². The van der Waals surface area contributed by atoms with Crippen LogP contribution in [-0.4, -0.2) is 4.57 Å². The van der Waals surface area contributed by atoms with Crippen LogP contribution in [0, 0.1) is 36.8 Å². The monoisotopic (exact) mass is 440 g/mol. The Kier molecular flexibility index (Phi) is 6.37. The molecule has 0 spiro atoms. The standard InChI is InChI=1S/C28H22F2N2O/c1-19-14-23(15-24(17-31)21-7-5-8-25(29)16-21)20(2)32(19)26-10-12-27(13-11-26)33-18-22-6-3-4-9-28(22)30/h3-16H,18H2,1-2H3/b24-15-. The van der Waals surface area contributed by atoms with Gasteiger partial charge in [0.1, 0.15) is 24.0 Å². The fourth-order valence-electron chi connectivity index (χ4n) is 3.79. The fourth-order valence-corrected chi connectivity index (χ4v) is 3.79. The second-order valence-corrected chi connectivity index (χ2v) is 7.72. The van der Waals surface area contributed by atoms with E-state index in [0.717, 1.165) is 22.6 Å². The minimum atomic E-state index is -0.378. The number of nitrogens with zero attached hydrogens (tertiary/aromatic N) is 2. The van der Waals surface area contributed by atoms with Gasteiger partial charge >= 0.3 is 0 Å². The average Bonchev–Trinajstić information content (AvgIpc) is 3.10. The number of hydrogen-bond donors (Lipinski definition) is 0. The molecule has 0 saturated heterocycles. The first-order chi connectivity index (χ1) is 16.0. The zero-order valence-corrected chi connectivity index (χ0v) is 18.3. The van der Waals surface area contributed by atoms with E-state index in [4.69, 9.17) is 4.74 Å². The number of benzene rings is 3. The molecule has 0 radical (unpaired) electrons. The molecule has 164 valence electrons. The minimum Gasteiger partial charge on any atom is -0.489 e. The zero-order valence-electron chi connectivity index (χ0n) is 18.3. The molecule has 5 heteroatoms. The molecular formula is C28H22F2N2O. The molecule has 0 saturated carbocycles. The van der Waals surface area contributed by atoms with Crippen molar-refractivity contribution in [3.8, 4) is 17.5 Å². The number of nitriles is 1. The van der Waals surface area contributed by atoms with Gasteiger partial charge in [-0.3, -0.25) is 0 Å². The third-order valence-corrected chi connectivity index (χ3v) is 5.47. The van der Waals surface area contributed by atoms with E-state index in [0.29, 0.717) is 22.4 Å². The second kappa shape index (κ2) is 9.54. The van der Waals surface area contributed by atoms with Crippen LogP contribution in [0.3, 0.4) is 0 Å². The van der Waals surface area contributed by atoms with Crippen LogP contribution in [0.4, 0.5) is 8.78 Å². The number of rotatable bonds is 6. The van der Waals surface area contributed by atoms with Gasteiger partial charge in [-0.15, -0.1) is 0 Å². The Bertz CT molecular complexity index is 1360. The van der Waals surface area contributed by atoms with Crippen LogP contribution in [0.1, 0.15) is 28.1 Å². The van der Waals surface area contributed by atoms with Gasteiger partial charge in [0.05, 0.1) is 11.6 Å². The van der Waals surface area contributed by atoms with E-state index in [-0.39, 0.29) is 18.2 Å². The molecule has 1 heterocycles. The predicted molar refractivity (Wildman–Crippen MR) is 126 cm³/mol. The van der Waals surface area contributed by atoms with Crippen LogP contribution in [0.2, 0.25) is 0 Å². The molecule has 0 aliphatic rings. The molecule has 0 amide bonds. The van der Waals surface area contributed by atoms with Gasteiger partial charge in [0.15, 0.2) is 0 Å². The van der Waals surface area contributed by atoms with Gasteiger partial charge in [0.2, 0.25) is 0 Å². The minimum absolute atomic E-state index is 0.152. The van der Waals surface area contributed by atoms with Crippen molar-refractivity contribution in [3.05, 3.63) is 119 Å². The van der Waals surface area contributed by atoms with Crippen molar-refractivity contribution < 1.29 is 13.5 Å². The van der Waals surface area contributed by atoms with E-state index in [1.807, 2.05) is 44.2 Å². The summed E-state index contributed by atoms with van der Waals surface area (Å²) in [7, 11) is 0. The van der Waals surface area contributed by atoms with Crippen molar-refractivity contribution in [2.45, 2.75) is 20.5 Å². The Morgan fingerprint density at radius 3 is 2.42 bits per heavy atom. The lowest BCUT2D eigenvalue weighted by Crippen LogP contribution is -2.01.